The van der Waals surface area contributed by atoms with Crippen molar-refractivity contribution in [2.24, 2.45) is 0 Å². The minimum absolute atomic E-state index is 0.179. The third kappa shape index (κ3) is 3.28. The van der Waals surface area contributed by atoms with E-state index < -0.39 is 10.0 Å². The van der Waals surface area contributed by atoms with Crippen molar-refractivity contribution in [1.82, 2.24) is 4.72 Å². The van der Waals surface area contributed by atoms with Crippen molar-refractivity contribution < 1.29 is 8.42 Å². The van der Waals surface area contributed by atoms with Crippen LogP contribution in [0.25, 0.3) is 0 Å². The van der Waals surface area contributed by atoms with Crippen molar-refractivity contribution in [2.45, 2.75) is 30.0 Å². The summed E-state index contributed by atoms with van der Waals surface area (Å²) in [5.74, 6) is 0. The first-order valence-electron chi connectivity index (χ1n) is 4.63. The summed E-state index contributed by atoms with van der Waals surface area (Å²) in [7, 11) is -3.51. The number of hydrogen-bond donors (Lipinski definition) is 1. The number of sulfonamides is 1. The van der Waals surface area contributed by atoms with E-state index in [0.29, 0.717) is 10.9 Å². The topological polar surface area (TPSA) is 70.0 Å². The van der Waals surface area contributed by atoms with E-state index in [9.17, 15) is 8.42 Å². The number of nitrogens with zero attached hydrogens (tertiary/aromatic N) is 1. The van der Waals surface area contributed by atoms with Crippen LogP contribution in [0.2, 0.25) is 0 Å². The van der Waals surface area contributed by atoms with Gasteiger partial charge in [0.1, 0.15) is 4.21 Å². The molecule has 0 fully saturated rings. The largest absolute Gasteiger partial charge is 0.251 e. The summed E-state index contributed by atoms with van der Waals surface area (Å²) in [6.45, 7) is 1.84. The maximum Gasteiger partial charge on any atom is 0.251 e. The molecule has 1 atom stereocenters. The van der Waals surface area contributed by atoms with Crippen LogP contribution in [0.5, 0.6) is 0 Å². The van der Waals surface area contributed by atoms with Gasteiger partial charge in [-0.05, 0) is 33.8 Å². The van der Waals surface area contributed by atoms with Gasteiger partial charge in [0.25, 0.3) is 10.0 Å². The van der Waals surface area contributed by atoms with E-state index in [-0.39, 0.29) is 16.7 Å². The predicted octanol–water partition coefficient (Wildman–Crippen LogP) is 2.48. The Labute approximate surface area is 107 Å². The highest BCUT2D eigenvalue weighted by Gasteiger charge is 2.22. The average molecular weight is 323 g/mol. The Bertz CT molecular complexity index is 490. The minimum atomic E-state index is -3.51. The van der Waals surface area contributed by atoms with Crippen molar-refractivity contribution >= 4 is 37.3 Å². The Morgan fingerprint density at radius 1 is 1.69 bits per heavy atom. The van der Waals surface area contributed by atoms with Gasteiger partial charge < -0.3 is 0 Å². The van der Waals surface area contributed by atoms with Gasteiger partial charge in [0.05, 0.1) is 12.5 Å². The highest BCUT2D eigenvalue weighted by molar-refractivity contribution is 9.10. The van der Waals surface area contributed by atoms with Gasteiger partial charge in [-0.25, -0.2) is 13.1 Å². The molecule has 0 radical (unpaired) electrons. The van der Waals surface area contributed by atoms with Crippen LogP contribution in [0, 0.1) is 11.3 Å². The first kappa shape index (κ1) is 13.6. The van der Waals surface area contributed by atoms with Crippen LogP contribution >= 0.6 is 27.3 Å². The van der Waals surface area contributed by atoms with E-state index in [0.717, 1.165) is 11.3 Å². The minimum Gasteiger partial charge on any atom is -0.206 e. The van der Waals surface area contributed by atoms with Crippen molar-refractivity contribution in [3.05, 3.63) is 15.9 Å². The van der Waals surface area contributed by atoms with Crippen LogP contribution in [-0.4, -0.2) is 14.5 Å². The highest BCUT2D eigenvalue weighted by Crippen LogP contribution is 2.27. The van der Waals surface area contributed by atoms with Gasteiger partial charge >= 0.3 is 0 Å². The number of thiophene rings is 1. The Morgan fingerprint density at radius 2 is 2.38 bits per heavy atom. The van der Waals surface area contributed by atoms with Crippen molar-refractivity contribution in [3.63, 3.8) is 0 Å². The number of halogens is 1. The zero-order chi connectivity index (χ0) is 12.2. The summed E-state index contributed by atoms with van der Waals surface area (Å²) in [5.41, 5.74) is 0. The molecule has 1 aromatic rings. The van der Waals surface area contributed by atoms with Gasteiger partial charge in [0, 0.05) is 10.5 Å². The standard InChI is InChI=1S/C9H11BrN2O2S2/c1-2-7(3-5-11)12-16(13,14)9-8(10)4-6-15-9/h4,6-7,12H,2-3H2,1H3. The number of nitrogens with one attached hydrogen (secondary N) is 1. The molecule has 0 bridgehead atoms. The van der Waals surface area contributed by atoms with Crippen molar-refractivity contribution in [1.29, 1.82) is 5.26 Å². The van der Waals surface area contributed by atoms with Crippen LogP contribution in [0.15, 0.2) is 20.1 Å². The molecular formula is C9H11BrN2O2S2. The Morgan fingerprint density at radius 3 is 2.81 bits per heavy atom. The molecule has 1 N–H and O–H groups in total. The van der Waals surface area contributed by atoms with Crippen LogP contribution < -0.4 is 4.72 Å². The maximum absolute atomic E-state index is 11.9. The molecule has 1 aromatic heterocycles. The molecule has 0 aliphatic rings. The number of rotatable bonds is 5. The maximum atomic E-state index is 11.9. The third-order valence-corrected chi connectivity index (χ3v) is 6.17. The Kier molecular flexibility index (Phi) is 4.92. The molecule has 0 amide bonds. The fourth-order valence-corrected chi connectivity index (χ4v) is 4.80. The van der Waals surface area contributed by atoms with E-state index in [2.05, 4.69) is 20.7 Å². The molecule has 1 heterocycles. The van der Waals surface area contributed by atoms with Gasteiger partial charge in [-0.2, -0.15) is 5.26 Å². The van der Waals surface area contributed by atoms with Crippen LogP contribution in [0.3, 0.4) is 0 Å². The summed E-state index contributed by atoms with van der Waals surface area (Å²) < 4.78 is 27.2. The molecule has 0 saturated carbocycles. The molecule has 88 valence electrons. The number of nitriles is 1. The van der Waals surface area contributed by atoms with Gasteiger partial charge in [-0.1, -0.05) is 6.92 Å². The van der Waals surface area contributed by atoms with Crippen LogP contribution in [-0.2, 0) is 10.0 Å². The first-order chi connectivity index (χ1) is 7.51. The molecule has 0 aromatic carbocycles. The summed E-state index contributed by atoms with van der Waals surface area (Å²) in [6, 6.07) is 3.32. The van der Waals surface area contributed by atoms with Gasteiger partial charge in [0.2, 0.25) is 0 Å². The first-order valence-corrected chi connectivity index (χ1v) is 7.79. The highest BCUT2D eigenvalue weighted by atomic mass is 79.9. The zero-order valence-electron chi connectivity index (χ0n) is 8.60. The normalized spacial score (nSPS) is 13.3. The number of hydrogen-bond acceptors (Lipinski definition) is 4. The molecule has 1 rings (SSSR count). The quantitative estimate of drug-likeness (QED) is 0.905. The third-order valence-electron chi connectivity index (χ3n) is 1.98. The van der Waals surface area contributed by atoms with Crippen molar-refractivity contribution in [2.75, 3.05) is 0 Å². The summed E-state index contributed by atoms with van der Waals surface area (Å²) in [4.78, 5) is 0. The molecule has 1 unspecified atom stereocenters. The zero-order valence-corrected chi connectivity index (χ0v) is 11.8. The van der Waals surface area contributed by atoms with E-state index in [1.807, 2.05) is 13.0 Å². The Hall–Kier alpha value is -0.420. The second kappa shape index (κ2) is 5.77. The lowest BCUT2D eigenvalue weighted by molar-refractivity contribution is 0.544. The second-order valence-electron chi connectivity index (χ2n) is 3.14. The molecule has 16 heavy (non-hydrogen) atoms. The van der Waals surface area contributed by atoms with Crippen molar-refractivity contribution in [3.8, 4) is 6.07 Å². The fourth-order valence-electron chi connectivity index (χ4n) is 1.12. The van der Waals surface area contributed by atoms with E-state index in [4.69, 9.17) is 5.26 Å². The molecule has 0 saturated heterocycles. The predicted molar refractivity (Wildman–Crippen MR) is 66.6 cm³/mol. The average Bonchev–Trinajstić information content (AvgIpc) is 2.64. The molecule has 0 spiro atoms. The van der Waals surface area contributed by atoms with Gasteiger partial charge in [0.15, 0.2) is 0 Å². The smallest absolute Gasteiger partial charge is 0.206 e. The molecule has 4 nitrogen and oxygen atoms in total. The lowest BCUT2D eigenvalue weighted by Crippen LogP contribution is -2.33. The summed E-state index contributed by atoms with van der Waals surface area (Å²) in [6.07, 6.45) is 0.772. The summed E-state index contributed by atoms with van der Waals surface area (Å²) >= 11 is 4.33. The second-order valence-corrected chi connectivity index (χ2v) is 6.82. The van der Waals surface area contributed by atoms with Gasteiger partial charge in [-0.15, -0.1) is 11.3 Å². The van der Waals surface area contributed by atoms with E-state index in [1.54, 1.807) is 11.4 Å². The monoisotopic (exact) mass is 322 g/mol. The summed E-state index contributed by atoms with van der Waals surface area (Å²) in [5, 5.41) is 10.3. The lowest BCUT2D eigenvalue weighted by atomic mass is 10.2. The molecular weight excluding hydrogens is 312 g/mol. The van der Waals surface area contributed by atoms with E-state index in [1.165, 1.54) is 0 Å². The fraction of sp³-hybridized carbons (Fsp3) is 0.444. The Balaban J connectivity index is 2.88. The molecule has 0 aliphatic carbocycles. The van der Waals surface area contributed by atoms with E-state index >= 15 is 0 Å². The molecule has 0 aliphatic heterocycles. The molecule has 7 heteroatoms. The van der Waals surface area contributed by atoms with Gasteiger partial charge in [-0.3, -0.25) is 0 Å². The lowest BCUT2D eigenvalue weighted by Gasteiger charge is -2.13. The SMILES string of the molecule is CCC(CC#N)NS(=O)(=O)c1sccc1Br. The van der Waals surface area contributed by atoms with Crippen LogP contribution in [0.1, 0.15) is 19.8 Å². The van der Waals surface area contributed by atoms with Crippen LogP contribution in [0.4, 0.5) is 0 Å².